The molecule has 16 heteroatoms. The Kier molecular flexibility index (Phi) is 23.9. The maximum atomic E-state index is 14.9. The van der Waals surface area contributed by atoms with E-state index in [1.165, 1.54) is 17.2 Å². The first-order valence-electron chi connectivity index (χ1n) is 23.4. The number of carbonyl (C=O) groups is 5. The highest BCUT2D eigenvalue weighted by Gasteiger charge is 2.39. The molecule has 1 aliphatic rings. The molecule has 0 radical (unpaired) electrons. The van der Waals surface area contributed by atoms with Crippen LogP contribution in [0.25, 0.3) is 0 Å². The van der Waals surface area contributed by atoms with Crippen molar-refractivity contribution < 1.29 is 43.8 Å². The summed E-state index contributed by atoms with van der Waals surface area (Å²) in [6.45, 7) is 17.2. The van der Waals surface area contributed by atoms with Gasteiger partial charge in [-0.15, -0.1) is 11.3 Å². The standard InChI is InChI=1S/C48H76N6O9S/c1-9-12-14-17-25-49-48(61)63-41(45-51-38(31-64-45)43(56)50-36(28-34(7)47(59)60)29-35-21-23-37(55)24-22-35)30-40(32(4)5)54(62-27-19-15-13-10-2)46(58)42(33(6)11-3)52-44(57)39-20-16-18-26-53(39)8/h21-24,31,33-34,36,39-42,55H,4,9-20,25-30H2,1-3,5-8H3,(H,49,61)(H,50,56)(H,52,57)(H,59,60)/t33-,34-,36+,39+,40+,41+,42-/m0/s1. The summed E-state index contributed by atoms with van der Waals surface area (Å²) in [7, 11) is 1.93. The van der Waals surface area contributed by atoms with E-state index in [1.54, 1.807) is 31.4 Å². The Hall–Kier alpha value is -4.54. The van der Waals surface area contributed by atoms with Crippen molar-refractivity contribution >= 4 is 41.1 Å². The number of aromatic hydroxyl groups is 1. The summed E-state index contributed by atoms with van der Waals surface area (Å²) in [5.74, 6) is -3.09. The zero-order chi connectivity index (χ0) is 47.2. The SMILES string of the molecule is C=C(C)[C@@H](C[C@@H](OC(=O)NCCCCCC)c1nc(C(=O)N[C@@H](Cc2ccc(O)cc2)C[C@H](C)C(=O)O)cs1)N(OCCCCCC)C(=O)[C@@H](NC(=O)[C@H]1CCCCN1C)[C@@H](C)CC. The largest absolute Gasteiger partial charge is 0.508 e. The van der Waals surface area contributed by atoms with E-state index in [0.29, 0.717) is 42.8 Å². The number of nitrogens with one attached hydrogen (secondary N) is 3. The van der Waals surface area contributed by atoms with E-state index < -0.39 is 54.0 Å². The summed E-state index contributed by atoms with van der Waals surface area (Å²) in [4.78, 5) is 81.0. The number of phenols is 1. The van der Waals surface area contributed by atoms with Gasteiger partial charge in [-0.3, -0.25) is 28.9 Å². The normalized spacial score (nSPS) is 17.0. The summed E-state index contributed by atoms with van der Waals surface area (Å²) in [5, 5.41) is 31.5. The van der Waals surface area contributed by atoms with Crippen molar-refractivity contribution in [2.45, 2.75) is 168 Å². The van der Waals surface area contributed by atoms with Crippen molar-refractivity contribution in [3.8, 4) is 5.75 Å². The number of likely N-dealkylation sites (N-methyl/N-ethyl adjacent to an activating group) is 1. The molecule has 358 valence electrons. The van der Waals surface area contributed by atoms with E-state index in [1.807, 2.05) is 25.8 Å². The minimum atomic E-state index is -1.06. The molecule has 0 bridgehead atoms. The molecule has 1 aliphatic heterocycles. The molecule has 1 fully saturated rings. The van der Waals surface area contributed by atoms with Gasteiger partial charge in [0.2, 0.25) is 5.91 Å². The number of hydrogen-bond donors (Lipinski definition) is 5. The van der Waals surface area contributed by atoms with Gasteiger partial charge in [0.05, 0.1) is 24.6 Å². The van der Waals surface area contributed by atoms with Gasteiger partial charge in [0.15, 0.2) is 6.10 Å². The van der Waals surface area contributed by atoms with Gasteiger partial charge in [0.1, 0.15) is 22.5 Å². The van der Waals surface area contributed by atoms with Gasteiger partial charge < -0.3 is 30.9 Å². The van der Waals surface area contributed by atoms with Crippen molar-refractivity contribution in [3.63, 3.8) is 0 Å². The predicted octanol–water partition coefficient (Wildman–Crippen LogP) is 8.34. The number of benzene rings is 1. The molecule has 7 atom stereocenters. The fraction of sp³-hybridized carbons (Fsp3) is 0.667. The maximum absolute atomic E-state index is 14.9. The minimum Gasteiger partial charge on any atom is -0.508 e. The van der Waals surface area contributed by atoms with Crippen molar-refractivity contribution in [2.24, 2.45) is 11.8 Å². The zero-order valence-electron chi connectivity index (χ0n) is 39.4. The van der Waals surface area contributed by atoms with E-state index >= 15 is 0 Å². The van der Waals surface area contributed by atoms with Crippen LogP contribution in [0.4, 0.5) is 4.79 Å². The molecule has 0 aliphatic carbocycles. The van der Waals surface area contributed by atoms with Crippen molar-refractivity contribution in [1.82, 2.24) is 30.9 Å². The number of hydroxylamine groups is 2. The summed E-state index contributed by atoms with van der Waals surface area (Å²) in [6.07, 6.45) is 9.33. The van der Waals surface area contributed by atoms with E-state index in [2.05, 4.69) is 41.4 Å². The first-order valence-corrected chi connectivity index (χ1v) is 24.3. The summed E-state index contributed by atoms with van der Waals surface area (Å²) >= 11 is 1.12. The third-order valence-corrected chi connectivity index (χ3v) is 12.9. The summed E-state index contributed by atoms with van der Waals surface area (Å²) in [6, 6.07) is 3.80. The molecule has 2 heterocycles. The average molecular weight is 913 g/mol. The van der Waals surface area contributed by atoms with Gasteiger partial charge in [0, 0.05) is 24.4 Å². The molecular weight excluding hydrogens is 837 g/mol. The molecule has 0 saturated carbocycles. The molecule has 1 aromatic carbocycles. The van der Waals surface area contributed by atoms with Crippen molar-refractivity contribution in [1.29, 1.82) is 0 Å². The summed E-state index contributed by atoms with van der Waals surface area (Å²) < 4.78 is 6.11. The lowest BCUT2D eigenvalue weighted by Crippen LogP contribution is -2.58. The molecule has 2 aromatic rings. The molecular formula is C48H76N6O9S. The topological polar surface area (TPSA) is 200 Å². The number of carboxylic acids is 1. The number of piperidine rings is 1. The van der Waals surface area contributed by atoms with Gasteiger partial charge in [-0.05, 0) is 82.7 Å². The molecule has 4 amide bonds. The van der Waals surface area contributed by atoms with E-state index in [4.69, 9.17) is 9.57 Å². The molecule has 0 unspecified atom stereocenters. The first-order chi connectivity index (χ1) is 30.6. The number of unbranched alkanes of at least 4 members (excludes halogenated alkanes) is 6. The predicted molar refractivity (Wildman–Crippen MR) is 250 cm³/mol. The van der Waals surface area contributed by atoms with Crippen LogP contribution in [-0.4, -0.2) is 106 Å². The van der Waals surface area contributed by atoms with Crippen LogP contribution in [-0.2, 0) is 30.4 Å². The Morgan fingerprint density at radius 1 is 0.969 bits per heavy atom. The number of carbonyl (C=O) groups excluding carboxylic acids is 4. The van der Waals surface area contributed by atoms with Crippen LogP contribution in [0.5, 0.6) is 5.75 Å². The monoisotopic (exact) mass is 913 g/mol. The Labute approximate surface area is 385 Å². The number of hydrogen-bond acceptors (Lipinski definition) is 11. The second-order valence-electron chi connectivity index (χ2n) is 17.5. The number of aromatic nitrogens is 1. The van der Waals surface area contributed by atoms with E-state index in [-0.39, 0.29) is 48.8 Å². The lowest BCUT2D eigenvalue weighted by molar-refractivity contribution is -0.203. The number of aliphatic carboxylic acids is 1. The number of nitrogens with zero attached hydrogens (tertiary/aromatic N) is 3. The second kappa shape index (κ2) is 28.4. The average Bonchev–Trinajstić information content (AvgIpc) is 3.77. The Bertz CT molecular complexity index is 1770. The lowest BCUT2D eigenvalue weighted by Gasteiger charge is -2.38. The van der Waals surface area contributed by atoms with Gasteiger partial charge in [-0.2, -0.15) is 0 Å². The number of thiazole rings is 1. The van der Waals surface area contributed by atoms with Crippen LogP contribution in [0.2, 0.25) is 0 Å². The molecule has 3 rings (SSSR count). The van der Waals surface area contributed by atoms with E-state index in [0.717, 1.165) is 81.2 Å². The van der Waals surface area contributed by atoms with Gasteiger partial charge in [-0.1, -0.05) is 110 Å². The van der Waals surface area contributed by atoms with Crippen molar-refractivity contribution in [3.05, 3.63) is 58.1 Å². The quantitative estimate of drug-likeness (QED) is 0.0299. The molecule has 1 saturated heterocycles. The van der Waals surface area contributed by atoms with Crippen LogP contribution in [0.1, 0.15) is 159 Å². The third-order valence-electron chi connectivity index (χ3n) is 12.0. The van der Waals surface area contributed by atoms with Crippen LogP contribution in [0.15, 0.2) is 41.8 Å². The van der Waals surface area contributed by atoms with Crippen LogP contribution in [0.3, 0.4) is 0 Å². The maximum Gasteiger partial charge on any atom is 0.407 e. The number of ether oxygens (including phenoxy) is 1. The number of rotatable bonds is 29. The van der Waals surface area contributed by atoms with Crippen LogP contribution < -0.4 is 16.0 Å². The Morgan fingerprint density at radius 2 is 1.66 bits per heavy atom. The first kappa shape index (κ1) is 53.8. The number of alkyl carbamates (subject to hydrolysis) is 1. The smallest absolute Gasteiger partial charge is 0.407 e. The highest BCUT2D eigenvalue weighted by molar-refractivity contribution is 7.09. The number of phenolic OH excluding ortho intramolecular Hbond substituents is 1. The molecule has 0 spiro atoms. The van der Waals surface area contributed by atoms with Gasteiger partial charge in [0.25, 0.3) is 11.8 Å². The molecule has 5 N–H and O–H groups in total. The molecule has 1 aromatic heterocycles. The number of amides is 4. The van der Waals surface area contributed by atoms with Gasteiger partial charge in [-0.25, -0.2) is 14.8 Å². The zero-order valence-corrected chi connectivity index (χ0v) is 40.2. The Morgan fingerprint density at radius 3 is 2.28 bits per heavy atom. The van der Waals surface area contributed by atoms with Crippen LogP contribution in [0, 0.1) is 11.8 Å². The van der Waals surface area contributed by atoms with Crippen LogP contribution >= 0.6 is 11.3 Å². The fourth-order valence-electron chi connectivity index (χ4n) is 7.72. The van der Waals surface area contributed by atoms with E-state index in [9.17, 15) is 34.2 Å². The highest BCUT2D eigenvalue weighted by atomic mass is 32.1. The lowest BCUT2D eigenvalue weighted by atomic mass is 9.95. The highest BCUT2D eigenvalue weighted by Crippen LogP contribution is 2.32. The Balaban J connectivity index is 2.00. The number of carboxylic acid groups (broad SMARTS) is 1. The van der Waals surface area contributed by atoms with Crippen molar-refractivity contribution in [2.75, 3.05) is 26.7 Å². The fourth-order valence-corrected chi connectivity index (χ4v) is 8.56. The van der Waals surface area contributed by atoms with Gasteiger partial charge >= 0.3 is 12.1 Å². The second-order valence-corrected chi connectivity index (χ2v) is 18.4. The third kappa shape index (κ3) is 17.8. The molecule has 15 nitrogen and oxygen atoms in total. The minimum absolute atomic E-state index is 0.0139. The number of likely N-dealkylation sites (tertiary alicyclic amines) is 1. The molecule has 64 heavy (non-hydrogen) atoms. The summed E-state index contributed by atoms with van der Waals surface area (Å²) in [5.41, 5.74) is 1.39.